The Labute approximate surface area is 123 Å². The van der Waals surface area contributed by atoms with Crippen LogP contribution in [0.4, 0.5) is 0 Å². The van der Waals surface area contributed by atoms with Crippen LogP contribution in [-0.4, -0.2) is 6.26 Å². The molecular weight excluding hydrogens is 264 g/mol. The number of benzene rings is 2. The van der Waals surface area contributed by atoms with E-state index in [2.05, 4.69) is 42.7 Å². The standard InChI is InChI=1S/C18H15OS/c1-20-16-12-17(14-8-4-2-5-9-14)19-18(13-16)15-10-6-3-7-11-15/h2-13H,1H3/q+1. The molecule has 0 fully saturated rings. The molecule has 3 aromatic rings. The fourth-order valence-electron chi connectivity index (χ4n) is 2.08. The summed E-state index contributed by atoms with van der Waals surface area (Å²) in [6.07, 6.45) is 2.08. The molecule has 0 spiro atoms. The molecule has 2 aromatic carbocycles. The van der Waals surface area contributed by atoms with Gasteiger partial charge in [-0.1, -0.05) is 36.4 Å². The van der Waals surface area contributed by atoms with Crippen LogP contribution in [0.15, 0.2) is 82.1 Å². The molecule has 0 atom stereocenters. The zero-order chi connectivity index (χ0) is 13.8. The van der Waals surface area contributed by atoms with Crippen LogP contribution >= 0.6 is 11.8 Å². The van der Waals surface area contributed by atoms with Crippen molar-refractivity contribution in [2.75, 3.05) is 6.26 Å². The molecule has 0 N–H and O–H groups in total. The predicted octanol–water partition coefficient (Wildman–Crippen LogP) is 5.62. The van der Waals surface area contributed by atoms with Crippen LogP contribution in [0.2, 0.25) is 0 Å². The molecule has 98 valence electrons. The highest BCUT2D eigenvalue weighted by Gasteiger charge is 2.19. The van der Waals surface area contributed by atoms with Gasteiger partial charge in [0.15, 0.2) is 0 Å². The van der Waals surface area contributed by atoms with Crippen LogP contribution in [0.3, 0.4) is 0 Å². The lowest BCUT2D eigenvalue weighted by atomic mass is 10.1. The van der Waals surface area contributed by atoms with Crippen molar-refractivity contribution in [1.82, 2.24) is 0 Å². The van der Waals surface area contributed by atoms with Gasteiger partial charge >= 0.3 is 11.5 Å². The summed E-state index contributed by atoms with van der Waals surface area (Å²) >= 11 is 1.73. The minimum absolute atomic E-state index is 0.899. The van der Waals surface area contributed by atoms with Crippen molar-refractivity contribution in [3.63, 3.8) is 0 Å². The molecule has 2 heteroatoms. The molecule has 20 heavy (non-hydrogen) atoms. The third kappa shape index (κ3) is 2.75. The number of thioether (sulfide) groups is 1. The van der Waals surface area contributed by atoms with Crippen molar-refractivity contribution < 1.29 is 4.42 Å². The summed E-state index contributed by atoms with van der Waals surface area (Å²) in [7, 11) is 0. The Kier molecular flexibility index (Phi) is 3.84. The average Bonchev–Trinajstić information content (AvgIpc) is 2.56. The number of hydrogen-bond donors (Lipinski definition) is 0. The molecule has 0 saturated carbocycles. The van der Waals surface area contributed by atoms with Gasteiger partial charge in [0.25, 0.3) is 0 Å². The Morgan fingerprint density at radius 3 is 1.55 bits per heavy atom. The first-order chi connectivity index (χ1) is 9.86. The summed E-state index contributed by atoms with van der Waals surface area (Å²) in [4.78, 5) is 1.20. The molecule has 0 aliphatic carbocycles. The molecule has 3 rings (SSSR count). The SMILES string of the molecule is CSc1cc(-c2ccccc2)[o+]c(-c2ccccc2)c1. The Balaban J connectivity index is 2.13. The van der Waals surface area contributed by atoms with Crippen LogP contribution in [0.1, 0.15) is 0 Å². The topological polar surface area (TPSA) is 11.3 Å². The van der Waals surface area contributed by atoms with E-state index in [9.17, 15) is 0 Å². The van der Waals surface area contributed by atoms with Gasteiger partial charge in [-0.15, -0.1) is 11.8 Å². The molecule has 1 heterocycles. The highest BCUT2D eigenvalue weighted by molar-refractivity contribution is 7.98. The lowest BCUT2D eigenvalue weighted by Gasteiger charge is -1.98. The quantitative estimate of drug-likeness (QED) is 0.455. The molecule has 1 nitrogen and oxygen atoms in total. The normalized spacial score (nSPS) is 10.4. The highest BCUT2D eigenvalue weighted by atomic mass is 32.2. The van der Waals surface area contributed by atoms with E-state index in [-0.39, 0.29) is 0 Å². The van der Waals surface area contributed by atoms with E-state index in [1.165, 1.54) is 4.90 Å². The van der Waals surface area contributed by atoms with Crippen molar-refractivity contribution in [1.29, 1.82) is 0 Å². The van der Waals surface area contributed by atoms with E-state index in [0.29, 0.717) is 0 Å². The fraction of sp³-hybridized carbons (Fsp3) is 0.0556. The molecule has 0 aliphatic rings. The largest absolute Gasteiger partial charge is 0.361 e. The molecule has 1 aromatic heterocycles. The first-order valence-electron chi connectivity index (χ1n) is 6.50. The third-order valence-corrected chi connectivity index (χ3v) is 3.83. The van der Waals surface area contributed by atoms with Crippen molar-refractivity contribution in [2.45, 2.75) is 4.90 Å². The molecule has 0 amide bonds. The van der Waals surface area contributed by atoms with E-state index in [1.807, 2.05) is 36.4 Å². The van der Waals surface area contributed by atoms with Crippen LogP contribution in [-0.2, 0) is 0 Å². The minimum Gasteiger partial charge on any atom is -0.207 e. The lowest BCUT2D eigenvalue weighted by molar-refractivity contribution is 0.577. The van der Waals surface area contributed by atoms with Crippen LogP contribution < -0.4 is 0 Å². The van der Waals surface area contributed by atoms with Gasteiger partial charge in [-0.3, -0.25) is 0 Å². The Morgan fingerprint density at radius 1 is 0.700 bits per heavy atom. The van der Waals surface area contributed by atoms with E-state index >= 15 is 0 Å². The van der Waals surface area contributed by atoms with Crippen molar-refractivity contribution in [3.8, 4) is 22.6 Å². The van der Waals surface area contributed by atoms with Gasteiger partial charge in [-0.2, -0.15) is 0 Å². The first-order valence-corrected chi connectivity index (χ1v) is 7.72. The van der Waals surface area contributed by atoms with Gasteiger partial charge in [-0.25, -0.2) is 4.42 Å². The predicted molar refractivity (Wildman–Crippen MR) is 85.8 cm³/mol. The minimum atomic E-state index is 0.899. The van der Waals surface area contributed by atoms with Crippen molar-refractivity contribution in [2.24, 2.45) is 0 Å². The molecular formula is C18H15OS+. The van der Waals surface area contributed by atoms with Gasteiger partial charge in [0, 0.05) is 4.90 Å². The Bertz CT molecular complexity index is 635. The monoisotopic (exact) mass is 279 g/mol. The van der Waals surface area contributed by atoms with Gasteiger partial charge in [0.2, 0.25) is 0 Å². The molecule has 0 unspecified atom stereocenters. The van der Waals surface area contributed by atoms with E-state index < -0.39 is 0 Å². The summed E-state index contributed by atoms with van der Waals surface area (Å²) in [5.74, 6) is 1.80. The van der Waals surface area contributed by atoms with Crippen molar-refractivity contribution in [3.05, 3.63) is 72.8 Å². The Morgan fingerprint density at radius 2 is 1.15 bits per heavy atom. The maximum Gasteiger partial charge on any atom is 0.361 e. The van der Waals surface area contributed by atoms with E-state index in [0.717, 1.165) is 22.6 Å². The van der Waals surface area contributed by atoms with Gasteiger partial charge in [-0.05, 0) is 30.5 Å². The number of rotatable bonds is 3. The van der Waals surface area contributed by atoms with Crippen LogP contribution in [0.5, 0.6) is 0 Å². The lowest BCUT2D eigenvalue weighted by Crippen LogP contribution is -1.83. The third-order valence-electron chi connectivity index (χ3n) is 3.12. The highest BCUT2D eigenvalue weighted by Crippen LogP contribution is 2.31. The molecule has 0 radical (unpaired) electrons. The summed E-state index contributed by atoms with van der Waals surface area (Å²) in [5, 5.41) is 0. The number of hydrogen-bond acceptors (Lipinski definition) is 1. The molecule has 0 bridgehead atoms. The van der Waals surface area contributed by atoms with Gasteiger partial charge in [0.05, 0.1) is 23.3 Å². The second kappa shape index (κ2) is 5.93. The second-order valence-corrected chi connectivity index (χ2v) is 5.34. The average molecular weight is 279 g/mol. The summed E-state index contributed by atoms with van der Waals surface area (Å²) in [5.41, 5.74) is 2.20. The molecule has 0 saturated heterocycles. The summed E-state index contributed by atoms with van der Waals surface area (Å²) in [6, 6.07) is 24.6. The summed E-state index contributed by atoms with van der Waals surface area (Å²) in [6.45, 7) is 0. The molecule has 0 aliphatic heterocycles. The maximum atomic E-state index is 6.08. The van der Waals surface area contributed by atoms with Gasteiger partial charge < -0.3 is 0 Å². The first kappa shape index (κ1) is 12.9. The van der Waals surface area contributed by atoms with E-state index in [1.54, 1.807) is 11.8 Å². The van der Waals surface area contributed by atoms with Crippen molar-refractivity contribution >= 4 is 11.8 Å². The fourth-order valence-corrected chi connectivity index (χ4v) is 2.53. The maximum absolute atomic E-state index is 6.08. The summed E-state index contributed by atoms with van der Waals surface area (Å²) < 4.78 is 6.08. The zero-order valence-corrected chi connectivity index (χ0v) is 12.1. The van der Waals surface area contributed by atoms with Crippen LogP contribution in [0.25, 0.3) is 22.6 Å². The Hall–Kier alpha value is -2.06. The van der Waals surface area contributed by atoms with E-state index in [4.69, 9.17) is 4.42 Å². The smallest absolute Gasteiger partial charge is 0.207 e. The zero-order valence-electron chi connectivity index (χ0n) is 11.2. The van der Waals surface area contributed by atoms with Crippen LogP contribution in [0, 0.1) is 0 Å². The van der Waals surface area contributed by atoms with Gasteiger partial charge in [0.1, 0.15) is 0 Å². The second-order valence-electron chi connectivity index (χ2n) is 4.46.